The van der Waals surface area contributed by atoms with Gasteiger partial charge in [-0.15, -0.1) is 0 Å². The molecule has 0 aliphatic heterocycles. The predicted octanol–water partition coefficient (Wildman–Crippen LogP) is 0.150. The number of hydrogen-bond donors (Lipinski definition) is 3. The number of anilines is 2. The van der Waals surface area contributed by atoms with E-state index in [1.807, 2.05) is 0 Å². The summed E-state index contributed by atoms with van der Waals surface area (Å²) < 4.78 is 0. The molecule has 0 atom stereocenters. The maximum Gasteiger partial charge on any atom is 0.353 e. The monoisotopic (exact) mass is 227 g/mol. The Hall–Kier alpha value is -1.96. The molecule has 8 nitrogen and oxygen atoms in total. The Labute approximate surface area is 91.7 Å². The van der Waals surface area contributed by atoms with Gasteiger partial charge in [0, 0.05) is 0 Å². The summed E-state index contributed by atoms with van der Waals surface area (Å²) in [7, 11) is 0. The molecular weight excluding hydrogens is 214 g/mol. The van der Waals surface area contributed by atoms with Crippen molar-refractivity contribution in [2.45, 2.75) is 19.4 Å². The molecule has 88 valence electrons. The van der Waals surface area contributed by atoms with Crippen molar-refractivity contribution in [2.75, 3.05) is 17.7 Å². The fourth-order valence-electron chi connectivity index (χ4n) is 1.02. The maximum atomic E-state index is 10.8. The topological polar surface area (TPSA) is 127 Å². The first kappa shape index (κ1) is 12.1. The number of aliphatic hydroxyl groups is 1. The lowest BCUT2D eigenvalue weighted by atomic mass is 10.1. The molecule has 0 aromatic carbocycles. The minimum atomic E-state index is -0.731. The first-order chi connectivity index (χ1) is 7.37. The molecule has 0 saturated heterocycles. The van der Waals surface area contributed by atoms with Gasteiger partial charge in [0.1, 0.15) is 6.33 Å². The molecular formula is C8H13N5O3. The summed E-state index contributed by atoms with van der Waals surface area (Å²) in [5.41, 5.74) is 4.27. The Bertz CT molecular complexity index is 407. The molecule has 0 aliphatic carbocycles. The van der Waals surface area contributed by atoms with Crippen LogP contribution in [-0.2, 0) is 0 Å². The lowest BCUT2D eigenvalue weighted by Gasteiger charge is -2.23. The molecule has 0 unspecified atom stereocenters. The number of nitrogens with one attached hydrogen (secondary N) is 1. The first-order valence-corrected chi connectivity index (χ1v) is 4.51. The average molecular weight is 227 g/mol. The van der Waals surface area contributed by atoms with E-state index in [4.69, 9.17) is 10.8 Å². The lowest BCUT2D eigenvalue weighted by molar-refractivity contribution is -0.383. The van der Waals surface area contributed by atoms with Gasteiger partial charge in [-0.3, -0.25) is 10.1 Å². The van der Waals surface area contributed by atoms with E-state index in [-0.39, 0.29) is 23.9 Å². The number of aliphatic hydroxyl groups excluding tert-OH is 1. The van der Waals surface area contributed by atoms with Crippen LogP contribution in [0.2, 0.25) is 0 Å². The molecule has 0 aliphatic rings. The number of aromatic nitrogens is 2. The highest BCUT2D eigenvalue weighted by Gasteiger charge is 2.25. The second-order valence-electron chi connectivity index (χ2n) is 3.88. The van der Waals surface area contributed by atoms with E-state index in [9.17, 15) is 10.1 Å². The molecule has 16 heavy (non-hydrogen) atoms. The van der Waals surface area contributed by atoms with Crippen molar-refractivity contribution in [3.63, 3.8) is 0 Å². The van der Waals surface area contributed by atoms with Gasteiger partial charge in [0.15, 0.2) is 0 Å². The van der Waals surface area contributed by atoms with Crippen molar-refractivity contribution in [1.29, 1.82) is 0 Å². The molecule has 0 spiro atoms. The summed E-state index contributed by atoms with van der Waals surface area (Å²) >= 11 is 0. The number of nitrogens with two attached hydrogens (primary N) is 1. The third kappa shape index (κ3) is 2.54. The van der Waals surface area contributed by atoms with Crippen molar-refractivity contribution < 1.29 is 10.0 Å². The molecule has 0 bridgehead atoms. The number of hydrogen-bond acceptors (Lipinski definition) is 7. The molecule has 0 radical (unpaired) electrons. The normalized spacial score (nSPS) is 11.2. The van der Waals surface area contributed by atoms with E-state index in [0.717, 1.165) is 6.33 Å². The molecule has 0 saturated carbocycles. The van der Waals surface area contributed by atoms with E-state index in [1.165, 1.54) is 0 Å². The Morgan fingerprint density at radius 2 is 2.25 bits per heavy atom. The van der Waals surface area contributed by atoms with Crippen LogP contribution in [0.3, 0.4) is 0 Å². The highest BCUT2D eigenvalue weighted by Crippen LogP contribution is 2.28. The number of rotatable bonds is 4. The van der Waals surface area contributed by atoms with Crippen LogP contribution in [0.5, 0.6) is 0 Å². The predicted molar refractivity (Wildman–Crippen MR) is 57.9 cm³/mol. The van der Waals surface area contributed by atoms with Crippen molar-refractivity contribution in [1.82, 2.24) is 9.97 Å². The highest BCUT2D eigenvalue weighted by atomic mass is 16.6. The van der Waals surface area contributed by atoms with E-state index in [2.05, 4.69) is 15.3 Å². The van der Waals surface area contributed by atoms with Crippen molar-refractivity contribution >= 4 is 17.3 Å². The van der Waals surface area contributed by atoms with Crippen LogP contribution < -0.4 is 11.1 Å². The molecule has 0 fully saturated rings. The Morgan fingerprint density at radius 3 is 2.75 bits per heavy atom. The van der Waals surface area contributed by atoms with Gasteiger partial charge in [-0.05, 0) is 13.8 Å². The fraction of sp³-hybridized carbons (Fsp3) is 0.500. The van der Waals surface area contributed by atoms with Gasteiger partial charge in [-0.1, -0.05) is 0 Å². The van der Waals surface area contributed by atoms with Gasteiger partial charge in [-0.25, -0.2) is 9.97 Å². The van der Waals surface area contributed by atoms with Gasteiger partial charge < -0.3 is 16.2 Å². The second-order valence-corrected chi connectivity index (χ2v) is 3.88. The third-order valence-corrected chi connectivity index (χ3v) is 1.89. The SMILES string of the molecule is CC(C)(CO)Nc1ncnc(N)c1[N+](=O)[O-]. The third-order valence-electron chi connectivity index (χ3n) is 1.89. The first-order valence-electron chi connectivity index (χ1n) is 4.51. The van der Waals surface area contributed by atoms with Crippen LogP contribution in [0.15, 0.2) is 6.33 Å². The lowest BCUT2D eigenvalue weighted by Crippen LogP contribution is -2.35. The average Bonchev–Trinajstić information content (AvgIpc) is 2.16. The van der Waals surface area contributed by atoms with E-state index >= 15 is 0 Å². The van der Waals surface area contributed by atoms with E-state index in [1.54, 1.807) is 13.8 Å². The smallest absolute Gasteiger partial charge is 0.353 e. The van der Waals surface area contributed by atoms with Crippen LogP contribution in [0.4, 0.5) is 17.3 Å². The maximum absolute atomic E-state index is 10.8. The number of nitrogen functional groups attached to an aromatic ring is 1. The molecule has 4 N–H and O–H groups in total. The molecule has 1 aromatic rings. The molecule has 1 heterocycles. The summed E-state index contributed by atoms with van der Waals surface area (Å²) in [6.45, 7) is 3.15. The van der Waals surface area contributed by atoms with Gasteiger partial charge in [0.05, 0.1) is 17.1 Å². The van der Waals surface area contributed by atoms with Crippen LogP contribution in [0, 0.1) is 10.1 Å². The van der Waals surface area contributed by atoms with Gasteiger partial charge >= 0.3 is 5.69 Å². The summed E-state index contributed by atoms with van der Waals surface area (Å²) in [6, 6.07) is 0. The summed E-state index contributed by atoms with van der Waals surface area (Å²) in [5.74, 6) is -0.215. The Morgan fingerprint density at radius 1 is 1.62 bits per heavy atom. The van der Waals surface area contributed by atoms with E-state index in [0.29, 0.717) is 0 Å². The van der Waals surface area contributed by atoms with Crippen molar-refractivity contribution in [3.8, 4) is 0 Å². The van der Waals surface area contributed by atoms with Crippen molar-refractivity contribution in [2.24, 2.45) is 0 Å². The largest absolute Gasteiger partial charge is 0.394 e. The zero-order valence-electron chi connectivity index (χ0n) is 8.97. The minimum Gasteiger partial charge on any atom is -0.394 e. The number of nitrogens with zero attached hydrogens (tertiary/aromatic N) is 3. The van der Waals surface area contributed by atoms with Crippen LogP contribution in [-0.4, -0.2) is 32.1 Å². The Kier molecular flexibility index (Phi) is 3.23. The minimum absolute atomic E-state index is 0.00319. The fourth-order valence-corrected chi connectivity index (χ4v) is 1.02. The zero-order valence-corrected chi connectivity index (χ0v) is 8.97. The molecule has 0 amide bonds. The molecule has 1 rings (SSSR count). The van der Waals surface area contributed by atoms with Gasteiger partial charge in [0.25, 0.3) is 0 Å². The zero-order chi connectivity index (χ0) is 12.3. The van der Waals surface area contributed by atoms with E-state index < -0.39 is 10.5 Å². The summed E-state index contributed by atoms with van der Waals surface area (Å²) in [4.78, 5) is 17.4. The van der Waals surface area contributed by atoms with Gasteiger partial charge in [0.2, 0.25) is 11.6 Å². The number of nitro groups is 1. The highest BCUT2D eigenvalue weighted by molar-refractivity contribution is 5.67. The standard InChI is InChI=1S/C8H13N5O3/c1-8(2,3-14)12-7-5(13(15)16)6(9)10-4-11-7/h4,14H,3H2,1-2H3,(H3,9,10,11,12). The van der Waals surface area contributed by atoms with Crippen LogP contribution >= 0.6 is 0 Å². The van der Waals surface area contributed by atoms with Gasteiger partial charge in [-0.2, -0.15) is 0 Å². The molecule has 1 aromatic heterocycles. The summed E-state index contributed by atoms with van der Waals surface area (Å²) in [6.07, 6.45) is 1.12. The van der Waals surface area contributed by atoms with Crippen LogP contribution in [0.1, 0.15) is 13.8 Å². The quantitative estimate of drug-likeness (QED) is 0.493. The molecule has 8 heteroatoms. The van der Waals surface area contributed by atoms with Crippen LogP contribution in [0.25, 0.3) is 0 Å². The Balaban J connectivity index is 3.14. The van der Waals surface area contributed by atoms with Crippen molar-refractivity contribution in [3.05, 3.63) is 16.4 Å². The second kappa shape index (κ2) is 4.27. The summed E-state index contributed by atoms with van der Waals surface area (Å²) in [5, 5.41) is 22.5.